The fraction of sp³-hybridized carbons (Fsp3) is 0.417. The van der Waals surface area contributed by atoms with Crippen molar-refractivity contribution in [2.24, 2.45) is 0 Å². The molecule has 0 unspecified atom stereocenters. The summed E-state index contributed by atoms with van der Waals surface area (Å²) >= 11 is 6.15. The number of alkyl halides is 3. The molecule has 0 spiro atoms. The zero-order chi connectivity index (χ0) is 27.3. The summed E-state index contributed by atoms with van der Waals surface area (Å²) in [6, 6.07) is 6.60. The summed E-state index contributed by atoms with van der Waals surface area (Å²) in [5.74, 6) is -4.42. The highest BCUT2D eigenvalue weighted by Crippen LogP contribution is 2.32. The Morgan fingerprint density at radius 1 is 1.14 bits per heavy atom. The Balaban J connectivity index is 1.75. The Bertz CT molecular complexity index is 1150. The number of anilines is 2. The van der Waals surface area contributed by atoms with Gasteiger partial charge in [-0.05, 0) is 31.2 Å². The smallest absolute Gasteiger partial charge is 0.387 e. The fourth-order valence-corrected chi connectivity index (χ4v) is 4.20. The quantitative estimate of drug-likeness (QED) is 0.435. The van der Waals surface area contributed by atoms with Crippen LogP contribution >= 0.6 is 11.6 Å². The van der Waals surface area contributed by atoms with Gasteiger partial charge in [0, 0.05) is 49.4 Å². The number of halogens is 6. The number of carbonyl (C=O) groups excluding carboxylic acids is 2. The number of amides is 2. The standard InChI is InChI=1S/C24H26ClF5N4O3/c1-14-12-34(9-8-33(14)7-6-24(28,29)30)19-10-16(25)3-5-18(19)32-23(37)17-4-2-15(21(26)22(17)27)11-31-20(36)13-35/h2-5,10,14,35H,6-9,11-13H2,1H3,(H,31,36)(H,32,37)/t14-/m1/s1. The van der Waals surface area contributed by atoms with Crippen LogP contribution in [-0.2, 0) is 11.3 Å². The number of aliphatic hydroxyl groups is 1. The maximum atomic E-state index is 14.7. The van der Waals surface area contributed by atoms with E-state index in [2.05, 4.69) is 10.6 Å². The zero-order valence-electron chi connectivity index (χ0n) is 19.8. The van der Waals surface area contributed by atoms with Gasteiger partial charge in [0.1, 0.15) is 6.61 Å². The molecule has 0 aromatic heterocycles. The number of hydrogen-bond acceptors (Lipinski definition) is 5. The van der Waals surface area contributed by atoms with Crippen LogP contribution < -0.4 is 15.5 Å². The van der Waals surface area contributed by atoms with Crippen LogP contribution in [0.4, 0.5) is 33.3 Å². The molecule has 0 bridgehead atoms. The van der Waals surface area contributed by atoms with Crippen molar-refractivity contribution < 1.29 is 36.6 Å². The van der Waals surface area contributed by atoms with Gasteiger partial charge < -0.3 is 20.6 Å². The van der Waals surface area contributed by atoms with Crippen molar-refractivity contribution in [1.29, 1.82) is 0 Å². The average Bonchev–Trinajstić information content (AvgIpc) is 2.84. The van der Waals surface area contributed by atoms with Gasteiger partial charge in [-0.1, -0.05) is 17.7 Å². The number of benzene rings is 2. The van der Waals surface area contributed by atoms with E-state index in [-0.39, 0.29) is 30.4 Å². The molecule has 0 aliphatic carbocycles. The molecule has 2 aromatic carbocycles. The summed E-state index contributed by atoms with van der Waals surface area (Å²) in [6.45, 7) is 1.57. The summed E-state index contributed by atoms with van der Waals surface area (Å²) in [6.07, 6.45) is -5.16. The van der Waals surface area contributed by atoms with E-state index < -0.39 is 48.2 Å². The summed E-state index contributed by atoms with van der Waals surface area (Å²) in [5.41, 5.74) is -0.0155. The molecular weight excluding hydrogens is 523 g/mol. The van der Waals surface area contributed by atoms with Crippen molar-refractivity contribution in [3.63, 3.8) is 0 Å². The largest absolute Gasteiger partial charge is 0.390 e. The lowest BCUT2D eigenvalue weighted by Gasteiger charge is -2.41. The minimum atomic E-state index is -4.25. The predicted octanol–water partition coefficient (Wildman–Crippen LogP) is 3.94. The number of piperazine rings is 1. The van der Waals surface area contributed by atoms with Crippen LogP contribution in [0.2, 0.25) is 5.02 Å². The molecule has 37 heavy (non-hydrogen) atoms. The SMILES string of the molecule is C[C@@H]1CN(c2cc(Cl)ccc2NC(=O)c2ccc(CNC(=O)CO)c(F)c2F)CCN1CCC(F)(F)F. The second-order valence-electron chi connectivity index (χ2n) is 8.65. The summed E-state index contributed by atoms with van der Waals surface area (Å²) in [4.78, 5) is 27.6. The predicted molar refractivity (Wildman–Crippen MR) is 129 cm³/mol. The maximum Gasteiger partial charge on any atom is 0.390 e. The van der Waals surface area contributed by atoms with E-state index in [1.807, 2.05) is 4.90 Å². The Hall–Kier alpha value is -2.96. The molecular formula is C24H26ClF5N4O3. The van der Waals surface area contributed by atoms with E-state index in [1.165, 1.54) is 12.1 Å². The Labute approximate surface area is 215 Å². The molecule has 1 fully saturated rings. The molecule has 1 aliphatic rings. The van der Waals surface area contributed by atoms with Crippen LogP contribution in [0.1, 0.15) is 29.3 Å². The van der Waals surface area contributed by atoms with Gasteiger partial charge in [0.25, 0.3) is 5.91 Å². The average molecular weight is 549 g/mol. The highest BCUT2D eigenvalue weighted by molar-refractivity contribution is 6.31. The molecule has 202 valence electrons. The molecule has 3 rings (SSSR count). The van der Waals surface area contributed by atoms with Crippen molar-refractivity contribution in [2.75, 3.05) is 43.0 Å². The molecule has 7 nitrogen and oxygen atoms in total. The van der Waals surface area contributed by atoms with Gasteiger partial charge in [0.2, 0.25) is 5.91 Å². The van der Waals surface area contributed by atoms with Crippen LogP contribution in [0.25, 0.3) is 0 Å². The first kappa shape index (κ1) is 28.6. The van der Waals surface area contributed by atoms with Gasteiger partial charge in [-0.15, -0.1) is 0 Å². The molecule has 13 heteroatoms. The third-order valence-corrected chi connectivity index (χ3v) is 6.26. The van der Waals surface area contributed by atoms with Gasteiger partial charge in [-0.2, -0.15) is 13.2 Å². The number of nitrogens with one attached hydrogen (secondary N) is 2. The number of aliphatic hydroxyl groups excluding tert-OH is 1. The molecule has 3 N–H and O–H groups in total. The Kier molecular flexibility index (Phi) is 9.32. The molecule has 0 saturated carbocycles. The van der Waals surface area contributed by atoms with Crippen LogP contribution in [0.3, 0.4) is 0 Å². The van der Waals surface area contributed by atoms with Crippen LogP contribution in [0.15, 0.2) is 30.3 Å². The maximum absolute atomic E-state index is 14.7. The lowest BCUT2D eigenvalue weighted by Crippen LogP contribution is -2.52. The molecule has 1 atom stereocenters. The van der Waals surface area contributed by atoms with Crippen LogP contribution in [0.5, 0.6) is 0 Å². The number of nitrogens with zero attached hydrogens (tertiary/aromatic N) is 2. The zero-order valence-corrected chi connectivity index (χ0v) is 20.6. The lowest BCUT2D eigenvalue weighted by molar-refractivity contribution is -0.139. The fourth-order valence-electron chi connectivity index (χ4n) is 4.03. The number of carbonyl (C=O) groups is 2. The van der Waals surface area contributed by atoms with E-state index >= 15 is 0 Å². The van der Waals surface area contributed by atoms with Gasteiger partial charge in [-0.25, -0.2) is 8.78 Å². The van der Waals surface area contributed by atoms with Gasteiger partial charge >= 0.3 is 6.18 Å². The van der Waals surface area contributed by atoms with E-state index in [1.54, 1.807) is 17.9 Å². The highest BCUT2D eigenvalue weighted by atomic mass is 35.5. The molecule has 1 heterocycles. The summed E-state index contributed by atoms with van der Waals surface area (Å²) < 4.78 is 67.1. The first-order valence-electron chi connectivity index (χ1n) is 11.4. The summed E-state index contributed by atoms with van der Waals surface area (Å²) in [7, 11) is 0. The molecule has 1 aliphatic heterocycles. The van der Waals surface area contributed by atoms with Crippen molar-refractivity contribution in [2.45, 2.75) is 32.1 Å². The third kappa shape index (κ3) is 7.53. The van der Waals surface area contributed by atoms with Crippen molar-refractivity contribution in [3.05, 3.63) is 58.1 Å². The van der Waals surface area contributed by atoms with E-state index in [0.717, 1.165) is 12.1 Å². The molecule has 2 amide bonds. The third-order valence-electron chi connectivity index (χ3n) is 6.02. The number of rotatable bonds is 8. The first-order valence-corrected chi connectivity index (χ1v) is 11.8. The van der Waals surface area contributed by atoms with Crippen LogP contribution in [-0.4, -0.2) is 66.8 Å². The minimum Gasteiger partial charge on any atom is -0.387 e. The topological polar surface area (TPSA) is 84.9 Å². The van der Waals surface area contributed by atoms with Gasteiger partial charge in [0.15, 0.2) is 11.6 Å². The van der Waals surface area contributed by atoms with Gasteiger partial charge in [0.05, 0.1) is 23.4 Å². The van der Waals surface area contributed by atoms with E-state index in [0.29, 0.717) is 30.3 Å². The van der Waals surface area contributed by atoms with E-state index in [9.17, 15) is 31.5 Å². The number of hydrogen-bond donors (Lipinski definition) is 3. The second kappa shape index (κ2) is 12.1. The first-order chi connectivity index (χ1) is 17.4. The molecule has 0 radical (unpaired) electrons. The minimum absolute atomic E-state index is 0.123. The van der Waals surface area contributed by atoms with Crippen molar-refractivity contribution in [3.8, 4) is 0 Å². The summed E-state index contributed by atoms with van der Waals surface area (Å²) in [5, 5.41) is 13.8. The van der Waals surface area contributed by atoms with Crippen molar-refractivity contribution in [1.82, 2.24) is 10.2 Å². The molecule has 1 saturated heterocycles. The van der Waals surface area contributed by atoms with Gasteiger partial charge in [-0.3, -0.25) is 14.5 Å². The Morgan fingerprint density at radius 2 is 1.86 bits per heavy atom. The van der Waals surface area contributed by atoms with Crippen LogP contribution in [0, 0.1) is 11.6 Å². The highest BCUT2D eigenvalue weighted by Gasteiger charge is 2.31. The lowest BCUT2D eigenvalue weighted by atomic mass is 10.1. The second-order valence-corrected chi connectivity index (χ2v) is 9.08. The monoisotopic (exact) mass is 548 g/mol. The Morgan fingerprint density at radius 3 is 2.51 bits per heavy atom. The van der Waals surface area contributed by atoms with Crippen molar-refractivity contribution >= 4 is 34.8 Å². The normalized spacial score (nSPS) is 16.5. The van der Waals surface area contributed by atoms with E-state index in [4.69, 9.17) is 16.7 Å². The molecule has 2 aromatic rings.